The molecule has 124 heavy (non-hydrogen) atoms. The van der Waals surface area contributed by atoms with Crippen LogP contribution in [0, 0.1) is 180 Å². The van der Waals surface area contributed by atoms with Crippen LogP contribution >= 0.6 is 0 Å². The fraction of sp³-hybridized carbons (Fsp3) is 0.843. The van der Waals surface area contributed by atoms with Gasteiger partial charge in [-0.3, -0.25) is 0 Å². The van der Waals surface area contributed by atoms with Crippen molar-refractivity contribution < 1.29 is 4.74 Å². The van der Waals surface area contributed by atoms with Gasteiger partial charge in [-0.1, -0.05) is 282 Å². The Bertz CT molecular complexity index is 3830. The maximum Gasteiger partial charge on any atom is 0.154 e. The molecule has 0 aliphatic heterocycles. The zero-order valence-corrected chi connectivity index (χ0v) is 92.3. The van der Waals surface area contributed by atoms with Crippen LogP contribution in [0.5, 0.6) is 5.75 Å². The summed E-state index contributed by atoms with van der Waals surface area (Å²) in [6, 6.07) is 27.3. The lowest BCUT2D eigenvalue weighted by Crippen LogP contribution is -2.62. The number of anilines is 3. The van der Waals surface area contributed by atoms with Gasteiger partial charge in [0.1, 0.15) is 14.0 Å². The van der Waals surface area contributed by atoms with Gasteiger partial charge in [0.05, 0.1) is 7.11 Å². The number of methoxy groups -OCH3 is 1. The maximum atomic E-state index is 5.49. The molecule has 0 bridgehead atoms. The maximum absolute atomic E-state index is 5.49. The number of ether oxygens (including phenoxy) is 1. The van der Waals surface area contributed by atoms with Gasteiger partial charge < -0.3 is 23.0 Å². The largest absolute Gasteiger partial charge is 0.497 e. The first-order valence-corrected chi connectivity index (χ1v) is 65.9. The molecule has 0 spiro atoms. The minimum Gasteiger partial charge on any atom is -0.497 e. The number of hydrogen-bond acceptors (Lipinski definition) is 5. The summed E-state index contributed by atoms with van der Waals surface area (Å²) >= 11 is 0. The molecule has 704 valence electrons. The van der Waals surface area contributed by atoms with E-state index in [-0.39, 0.29) is 16.6 Å². The van der Waals surface area contributed by atoms with Crippen molar-refractivity contribution in [3.63, 3.8) is 0 Å². The lowest BCUT2D eigenvalue weighted by Gasteiger charge is -2.55. The topological polar surface area (TPSA) is 22.2 Å². The van der Waals surface area contributed by atoms with E-state index in [4.69, 9.17) is 4.74 Å². The van der Waals surface area contributed by atoms with Gasteiger partial charge >= 0.3 is 0 Å². The molecule has 3 aromatic rings. The summed E-state index contributed by atoms with van der Waals surface area (Å²) in [7, 11) is -5.16. The summed E-state index contributed by atoms with van der Waals surface area (Å²) in [6.07, 6.45) is 36.5. The van der Waals surface area contributed by atoms with Gasteiger partial charge in [0, 0.05) is 39.2 Å². The van der Waals surface area contributed by atoms with E-state index in [2.05, 4.69) is 330 Å². The summed E-state index contributed by atoms with van der Waals surface area (Å²) in [5, 5.41) is 0. The third-order valence-electron chi connectivity index (χ3n) is 39.5. The van der Waals surface area contributed by atoms with E-state index in [1.807, 2.05) is 0 Å². The lowest BCUT2D eigenvalue weighted by atomic mass is 9.62. The van der Waals surface area contributed by atoms with E-state index in [0.29, 0.717) is 5.54 Å². The number of hydrogen-bond donors (Lipinski definition) is 0. The Morgan fingerprint density at radius 1 is 0.315 bits per heavy atom. The Morgan fingerprint density at radius 3 is 0.790 bits per heavy atom. The van der Waals surface area contributed by atoms with E-state index in [1.54, 1.807) is 51.3 Å². The molecule has 0 radical (unpaired) electrons. The van der Waals surface area contributed by atoms with Crippen molar-refractivity contribution >= 4 is 50.0 Å². The number of nitrogens with zero attached hydrogens (tertiary/aromatic N) is 4. The highest BCUT2D eigenvalue weighted by Gasteiger charge is 2.66. The normalized spacial score (nSPS) is 36.3. The van der Waals surface area contributed by atoms with Crippen LogP contribution in [0.2, 0.25) is 74.5 Å². The van der Waals surface area contributed by atoms with E-state index >= 15 is 0 Å². The molecule has 15 rings (SSSR count). The second-order valence-electron chi connectivity index (χ2n) is 53.6. The van der Waals surface area contributed by atoms with Crippen molar-refractivity contribution in [3.05, 3.63) is 83.9 Å². The number of aryl methyl sites for hydroxylation is 2. The van der Waals surface area contributed by atoms with Crippen LogP contribution < -0.4 is 18.4 Å². The van der Waals surface area contributed by atoms with Gasteiger partial charge in [-0.15, -0.1) is 0 Å². The molecule has 3 aromatic carbocycles. The molecule has 0 heterocycles. The first-order chi connectivity index (χ1) is 57.8. The molecule has 12 aliphatic carbocycles. The summed E-state index contributed by atoms with van der Waals surface area (Å²) in [5.41, 5.74) is 11.6. The quantitative estimate of drug-likeness (QED) is 0.125. The van der Waals surface area contributed by atoms with Crippen molar-refractivity contribution in [2.75, 3.05) is 27.4 Å². The summed E-state index contributed by atoms with van der Waals surface area (Å²) < 4.78 is 17.3. The van der Waals surface area contributed by atoms with Crippen LogP contribution in [-0.2, 0) is 0 Å². The van der Waals surface area contributed by atoms with E-state index < -0.39 is 32.9 Å². The van der Waals surface area contributed by atoms with Crippen molar-refractivity contribution in [1.82, 2.24) is 4.57 Å². The zero-order valence-electron chi connectivity index (χ0n) is 88.3. The van der Waals surface area contributed by atoms with Crippen LogP contribution in [0.15, 0.2) is 72.8 Å². The second-order valence-corrected chi connectivity index (χ2v) is 71.3. The van der Waals surface area contributed by atoms with Gasteiger partial charge in [-0.05, 0) is 390 Å². The predicted octanol–water partition coefficient (Wildman–Crippen LogP) is 33.9. The highest BCUT2D eigenvalue weighted by Crippen LogP contribution is 2.70. The Labute approximate surface area is 774 Å². The molecule has 12 aliphatic rings. The third kappa shape index (κ3) is 20.1. The minimum atomic E-state index is -1.83. The number of rotatable bonds is 17. The van der Waals surface area contributed by atoms with Crippen molar-refractivity contribution in [2.24, 2.45) is 166 Å². The molecule has 0 N–H and O–H groups in total. The highest BCUT2D eigenvalue weighted by atomic mass is 28.3. The van der Waals surface area contributed by atoms with Crippen molar-refractivity contribution in [1.29, 1.82) is 0 Å². The van der Waals surface area contributed by atoms with Crippen LogP contribution in [0.1, 0.15) is 338 Å². The average molecular weight is 1770 g/mol. The lowest BCUT2D eigenvalue weighted by molar-refractivity contribution is 0.0637. The molecular formula is C115H202N4OSi4. The molecule has 28 unspecified atom stereocenters. The summed E-state index contributed by atoms with van der Waals surface area (Å²) in [6.45, 7) is 90.5. The van der Waals surface area contributed by atoms with Crippen LogP contribution in [0.3, 0.4) is 0 Å². The highest BCUT2D eigenvalue weighted by molar-refractivity contribution is 6.84. The minimum absolute atomic E-state index is 0.109. The molecule has 28 atom stereocenters. The fourth-order valence-electron chi connectivity index (χ4n) is 37.9. The Balaban J connectivity index is 0.000000151. The van der Waals surface area contributed by atoms with Crippen LogP contribution in [0.25, 0.3) is 0 Å². The third-order valence-corrected chi connectivity index (χ3v) is 58.4. The molecule has 0 saturated heterocycles. The van der Waals surface area contributed by atoms with Gasteiger partial charge in [0.2, 0.25) is 0 Å². The molecule has 5 nitrogen and oxygen atoms in total. The molecule has 0 aromatic heterocycles. The van der Waals surface area contributed by atoms with E-state index in [0.717, 1.165) is 194 Å². The second kappa shape index (κ2) is 39.3. The molecule has 12 fully saturated rings. The Kier molecular flexibility index (Phi) is 31.9. The van der Waals surface area contributed by atoms with Crippen LogP contribution in [-0.4, -0.2) is 73.3 Å². The fourth-order valence-corrected chi connectivity index (χ4v) is 61.2. The predicted molar refractivity (Wildman–Crippen MR) is 556 cm³/mol. The van der Waals surface area contributed by atoms with Gasteiger partial charge in [-0.2, -0.15) is 0 Å². The van der Waals surface area contributed by atoms with E-state index in [9.17, 15) is 0 Å². The molecule has 12 saturated carbocycles. The zero-order chi connectivity index (χ0) is 91.1. The smallest absolute Gasteiger partial charge is 0.154 e. The molecular weight excluding hydrogens is 1570 g/mol. The monoisotopic (exact) mass is 1770 g/mol. The van der Waals surface area contributed by atoms with Crippen molar-refractivity contribution in [3.8, 4) is 5.75 Å². The number of para-hydroxylation sites is 2. The molecule has 0 amide bonds. The summed E-state index contributed by atoms with van der Waals surface area (Å²) in [4.78, 5) is 0. The number of fused-ring (bicyclic) bond motifs is 8. The van der Waals surface area contributed by atoms with Gasteiger partial charge in [-0.25, -0.2) is 0 Å². The van der Waals surface area contributed by atoms with Gasteiger partial charge in [0.25, 0.3) is 0 Å². The Hall–Kier alpha value is -2.31. The van der Waals surface area contributed by atoms with Crippen molar-refractivity contribution in [2.45, 2.75) is 438 Å². The average Bonchev–Trinajstić information content (AvgIpc) is 1.52. The Morgan fingerprint density at radius 2 is 0.556 bits per heavy atom. The first kappa shape index (κ1) is 101. The SMILES string of the molecule is CC(C)C1C(C)C([Si](C)(C)N(c2ccccc2)C(C)(C)C)C2CC3CCCCC3CC21.CCN(C(C)(C)C)[Si](C)(C)C1C(C)C(C(C)C)C2CC3CCCCC3CC21.COc1ccc(N(C(C)(C)C)[Si](C)(C)C2C(C)C(C(C)C)C3CC4CCCCC4CC32)cc1.Cc1cccc(C)c1N(C(C)(C)C)[Si](C)(C)C1C(C)C(C(C)C)C2CC3CCCCC3CC21. The molecule has 9 heteroatoms. The van der Waals surface area contributed by atoms with Crippen LogP contribution in [0.4, 0.5) is 17.1 Å². The number of benzene rings is 3. The first-order valence-electron chi connectivity index (χ1n) is 53.8. The van der Waals surface area contributed by atoms with E-state index in [1.165, 1.54) is 145 Å². The summed E-state index contributed by atoms with van der Waals surface area (Å²) in [5.74, 6) is 27.4. The standard InChI is InChI=1S/C31H53NSi.C30H51NOSi.C29H49NSi.C25H49NSi/c1-20(2)28-23(5)30(27-19-25-17-12-11-16-24(25)18-26(27)28)33(9,10)32(31(6,7)8)29-21(3)14-13-15-22(29)4;1-20(2)28-21(3)29(27-19-23-13-11-10-12-22(23)18-26(27)28)33(8,9)31(30(4,5)6)24-14-16-25(32-7)17-15-24;1-20(2)27-21(3)28(26-19-23-15-13-12-14-22(23)18-25(26)27)31(7,8)30(29(4,5)6)24-16-10-9-11-17-24;1-10-26(25(5,6)7)27(8,9)24-18(4)23(17(2)3)21-15-19-13-11-12-14-20(19)16-22(21)24/h13-15,20,23-28,30H,11-12,16-19H2,1-10H3;14-17,20-23,26-29H,10-13,18-19H2,1-9H3;9-11,16-17,20-23,25-28H,12-15,18-19H2,1-8H3;17-24H,10-16H2,1-9H3. The van der Waals surface area contributed by atoms with Gasteiger partial charge in [0.15, 0.2) is 24.7 Å².